The summed E-state index contributed by atoms with van der Waals surface area (Å²) in [7, 11) is 0. The summed E-state index contributed by atoms with van der Waals surface area (Å²) in [4.78, 5) is 0. The van der Waals surface area contributed by atoms with Gasteiger partial charge in [0.1, 0.15) is 11.5 Å². The summed E-state index contributed by atoms with van der Waals surface area (Å²) in [5, 5.41) is 28.6. The lowest BCUT2D eigenvalue weighted by atomic mass is 9.90. The van der Waals surface area contributed by atoms with Crippen LogP contribution in [-0.2, 0) is 6.61 Å². The van der Waals surface area contributed by atoms with Gasteiger partial charge in [-0.05, 0) is 52.1 Å². The summed E-state index contributed by atoms with van der Waals surface area (Å²) in [5.41, 5.74) is 4.59. The average molecular weight is 292 g/mol. The highest BCUT2D eigenvalue weighted by Gasteiger charge is 2.12. The molecule has 110 valence electrons. The van der Waals surface area contributed by atoms with E-state index in [1.807, 2.05) is 42.5 Å². The topological polar surface area (TPSA) is 60.7 Å². The highest BCUT2D eigenvalue weighted by Crippen LogP contribution is 2.36. The minimum absolute atomic E-state index is 0.0673. The Morgan fingerprint density at radius 3 is 1.73 bits per heavy atom. The Morgan fingerprint density at radius 1 is 0.636 bits per heavy atom. The van der Waals surface area contributed by atoms with E-state index in [1.54, 1.807) is 24.3 Å². The zero-order chi connectivity index (χ0) is 15.5. The van der Waals surface area contributed by atoms with Crippen molar-refractivity contribution >= 4 is 0 Å². The Labute approximate surface area is 128 Å². The molecule has 0 atom stereocenters. The summed E-state index contributed by atoms with van der Waals surface area (Å²) >= 11 is 0. The molecular formula is C19H16O3. The fraction of sp³-hybridized carbons (Fsp3) is 0.0526. The number of phenolic OH excluding ortho intramolecular Hbond substituents is 2. The van der Waals surface area contributed by atoms with Crippen LogP contribution in [0.2, 0.25) is 0 Å². The lowest BCUT2D eigenvalue weighted by Crippen LogP contribution is -1.93. The number of benzene rings is 3. The summed E-state index contributed by atoms with van der Waals surface area (Å²) in [6, 6.07) is 19.6. The van der Waals surface area contributed by atoms with E-state index in [0.29, 0.717) is 0 Å². The lowest BCUT2D eigenvalue weighted by molar-refractivity contribution is 0.282. The van der Waals surface area contributed by atoms with Crippen molar-refractivity contribution in [1.82, 2.24) is 0 Å². The largest absolute Gasteiger partial charge is 0.508 e. The van der Waals surface area contributed by atoms with Crippen molar-refractivity contribution in [3.05, 3.63) is 72.3 Å². The fourth-order valence-corrected chi connectivity index (χ4v) is 2.58. The molecule has 3 aromatic rings. The predicted molar refractivity (Wildman–Crippen MR) is 86.6 cm³/mol. The summed E-state index contributed by atoms with van der Waals surface area (Å²) in [6.07, 6.45) is 0. The van der Waals surface area contributed by atoms with E-state index in [-0.39, 0.29) is 18.1 Å². The van der Waals surface area contributed by atoms with Crippen LogP contribution in [0.4, 0.5) is 0 Å². The molecule has 0 aliphatic rings. The standard InChI is InChI=1S/C19H16O3/c20-12-15-2-1-3-18(13-4-8-16(21)9-5-13)19(15)14-6-10-17(22)11-7-14/h1-11,20-22H,12H2. The maximum Gasteiger partial charge on any atom is 0.115 e. The number of aliphatic hydroxyl groups excluding tert-OH is 1. The number of aromatic hydroxyl groups is 2. The van der Waals surface area contributed by atoms with Gasteiger partial charge in [-0.15, -0.1) is 0 Å². The first kappa shape index (κ1) is 14.2. The van der Waals surface area contributed by atoms with E-state index in [0.717, 1.165) is 27.8 Å². The van der Waals surface area contributed by atoms with Crippen LogP contribution >= 0.6 is 0 Å². The Morgan fingerprint density at radius 2 is 1.18 bits per heavy atom. The highest BCUT2D eigenvalue weighted by molar-refractivity contribution is 5.86. The van der Waals surface area contributed by atoms with Crippen molar-refractivity contribution in [2.75, 3.05) is 0 Å². The number of rotatable bonds is 3. The predicted octanol–water partition coefficient (Wildman–Crippen LogP) is 3.92. The van der Waals surface area contributed by atoms with Crippen molar-refractivity contribution < 1.29 is 15.3 Å². The highest BCUT2D eigenvalue weighted by atomic mass is 16.3. The third-order valence-corrected chi connectivity index (χ3v) is 3.66. The molecule has 0 saturated heterocycles. The van der Waals surface area contributed by atoms with Crippen LogP contribution in [0, 0.1) is 0 Å². The quantitative estimate of drug-likeness (QED) is 0.685. The van der Waals surface area contributed by atoms with Crippen molar-refractivity contribution in [1.29, 1.82) is 0 Å². The first-order valence-corrected chi connectivity index (χ1v) is 7.00. The third-order valence-electron chi connectivity index (χ3n) is 3.66. The van der Waals surface area contributed by atoms with Gasteiger partial charge in [0.05, 0.1) is 6.61 Å². The van der Waals surface area contributed by atoms with Crippen LogP contribution in [-0.4, -0.2) is 15.3 Å². The first-order valence-electron chi connectivity index (χ1n) is 7.00. The minimum Gasteiger partial charge on any atom is -0.508 e. The number of aliphatic hydroxyl groups is 1. The van der Waals surface area contributed by atoms with E-state index in [4.69, 9.17) is 0 Å². The molecule has 3 N–H and O–H groups in total. The Hall–Kier alpha value is -2.78. The molecule has 0 aromatic heterocycles. The molecule has 0 aliphatic carbocycles. The van der Waals surface area contributed by atoms with Crippen LogP contribution in [0.1, 0.15) is 5.56 Å². The molecule has 0 radical (unpaired) electrons. The molecule has 0 aliphatic heterocycles. The molecule has 3 rings (SSSR count). The molecular weight excluding hydrogens is 276 g/mol. The fourth-order valence-electron chi connectivity index (χ4n) is 2.58. The molecule has 0 fully saturated rings. The van der Waals surface area contributed by atoms with Crippen LogP contribution in [0.5, 0.6) is 11.5 Å². The molecule has 0 unspecified atom stereocenters. The van der Waals surface area contributed by atoms with Gasteiger partial charge in [-0.3, -0.25) is 0 Å². The van der Waals surface area contributed by atoms with E-state index in [9.17, 15) is 15.3 Å². The van der Waals surface area contributed by atoms with Gasteiger partial charge in [-0.1, -0.05) is 42.5 Å². The van der Waals surface area contributed by atoms with E-state index >= 15 is 0 Å². The summed E-state index contributed by atoms with van der Waals surface area (Å²) in [5.74, 6) is 0.421. The average Bonchev–Trinajstić information content (AvgIpc) is 2.56. The zero-order valence-corrected chi connectivity index (χ0v) is 11.9. The second kappa shape index (κ2) is 5.92. The van der Waals surface area contributed by atoms with Gasteiger partial charge >= 0.3 is 0 Å². The SMILES string of the molecule is OCc1cccc(-c2ccc(O)cc2)c1-c1ccc(O)cc1. The van der Waals surface area contributed by atoms with E-state index < -0.39 is 0 Å². The molecule has 0 amide bonds. The second-order valence-electron chi connectivity index (χ2n) is 5.09. The third kappa shape index (κ3) is 2.67. The molecule has 0 saturated carbocycles. The minimum atomic E-state index is -0.0673. The van der Waals surface area contributed by atoms with Crippen LogP contribution in [0.15, 0.2) is 66.7 Å². The maximum atomic E-state index is 9.66. The van der Waals surface area contributed by atoms with Crippen molar-refractivity contribution in [3.8, 4) is 33.8 Å². The van der Waals surface area contributed by atoms with Crippen molar-refractivity contribution in [2.24, 2.45) is 0 Å². The second-order valence-corrected chi connectivity index (χ2v) is 5.09. The van der Waals surface area contributed by atoms with Gasteiger partial charge in [0.25, 0.3) is 0 Å². The van der Waals surface area contributed by atoms with E-state index in [1.165, 1.54) is 0 Å². The maximum absolute atomic E-state index is 9.66. The van der Waals surface area contributed by atoms with Gasteiger partial charge in [-0.2, -0.15) is 0 Å². The Balaban J connectivity index is 2.22. The van der Waals surface area contributed by atoms with Gasteiger partial charge in [-0.25, -0.2) is 0 Å². The molecule has 0 bridgehead atoms. The molecule has 3 aromatic carbocycles. The summed E-state index contributed by atoms with van der Waals surface area (Å²) < 4.78 is 0. The Bertz CT molecular complexity index is 775. The lowest BCUT2D eigenvalue weighted by Gasteiger charge is -2.14. The van der Waals surface area contributed by atoms with Crippen LogP contribution in [0.25, 0.3) is 22.3 Å². The molecule has 22 heavy (non-hydrogen) atoms. The molecule has 0 spiro atoms. The van der Waals surface area contributed by atoms with Crippen LogP contribution < -0.4 is 0 Å². The Kier molecular flexibility index (Phi) is 3.81. The van der Waals surface area contributed by atoms with Crippen molar-refractivity contribution in [3.63, 3.8) is 0 Å². The zero-order valence-electron chi connectivity index (χ0n) is 11.9. The van der Waals surface area contributed by atoms with Gasteiger partial charge in [0, 0.05) is 0 Å². The first-order chi connectivity index (χ1) is 10.7. The van der Waals surface area contributed by atoms with Crippen molar-refractivity contribution in [2.45, 2.75) is 6.61 Å². The monoisotopic (exact) mass is 292 g/mol. The smallest absolute Gasteiger partial charge is 0.115 e. The molecule has 3 nitrogen and oxygen atoms in total. The van der Waals surface area contributed by atoms with Gasteiger partial charge < -0.3 is 15.3 Å². The molecule has 0 heterocycles. The van der Waals surface area contributed by atoms with Gasteiger partial charge in [0.15, 0.2) is 0 Å². The number of hydrogen-bond donors (Lipinski definition) is 3. The summed E-state index contributed by atoms with van der Waals surface area (Å²) in [6.45, 7) is -0.0673. The molecule has 3 heteroatoms. The number of phenols is 2. The van der Waals surface area contributed by atoms with Gasteiger partial charge in [0.2, 0.25) is 0 Å². The normalized spacial score (nSPS) is 10.6. The van der Waals surface area contributed by atoms with Crippen LogP contribution in [0.3, 0.4) is 0 Å². The number of hydrogen-bond acceptors (Lipinski definition) is 3. The van der Waals surface area contributed by atoms with E-state index in [2.05, 4.69) is 0 Å².